The SMILES string of the molecule is COC(=O)c1nc(-c2cc(OC)cc(OC)c2)cn1C1CCCO1. The first-order chi connectivity index (χ1) is 11.7. The van der Waals surface area contributed by atoms with Crippen LogP contribution >= 0.6 is 0 Å². The van der Waals surface area contributed by atoms with Crippen LogP contribution in [0.4, 0.5) is 0 Å². The second kappa shape index (κ2) is 6.92. The molecule has 1 aromatic heterocycles. The fourth-order valence-electron chi connectivity index (χ4n) is 2.73. The van der Waals surface area contributed by atoms with Crippen LogP contribution in [0.1, 0.15) is 29.7 Å². The number of ether oxygens (including phenoxy) is 4. The van der Waals surface area contributed by atoms with Crippen LogP contribution in [0, 0.1) is 0 Å². The van der Waals surface area contributed by atoms with Crippen molar-refractivity contribution >= 4 is 5.97 Å². The number of carbonyl (C=O) groups is 1. The molecule has 1 atom stereocenters. The summed E-state index contributed by atoms with van der Waals surface area (Å²) in [5.74, 6) is 1.03. The molecule has 1 saturated heterocycles. The van der Waals surface area contributed by atoms with Gasteiger partial charge in [0.2, 0.25) is 5.82 Å². The molecule has 7 heteroatoms. The van der Waals surface area contributed by atoms with E-state index in [1.807, 2.05) is 12.1 Å². The van der Waals surface area contributed by atoms with Crippen molar-refractivity contribution < 1.29 is 23.7 Å². The van der Waals surface area contributed by atoms with Gasteiger partial charge in [0.1, 0.15) is 17.7 Å². The van der Waals surface area contributed by atoms with Gasteiger partial charge in [0.25, 0.3) is 0 Å². The second-order valence-corrected chi connectivity index (χ2v) is 5.42. The van der Waals surface area contributed by atoms with Crippen LogP contribution in [0.3, 0.4) is 0 Å². The van der Waals surface area contributed by atoms with Crippen LogP contribution in [-0.2, 0) is 9.47 Å². The van der Waals surface area contributed by atoms with Crippen LogP contribution in [-0.4, -0.2) is 43.5 Å². The Balaban J connectivity index is 2.06. The Morgan fingerprint density at radius 2 is 1.92 bits per heavy atom. The summed E-state index contributed by atoms with van der Waals surface area (Å²) in [6, 6.07) is 5.46. The third-order valence-electron chi connectivity index (χ3n) is 3.96. The number of hydrogen-bond acceptors (Lipinski definition) is 6. The van der Waals surface area contributed by atoms with Crippen molar-refractivity contribution in [2.45, 2.75) is 19.1 Å². The van der Waals surface area contributed by atoms with Crippen LogP contribution < -0.4 is 9.47 Å². The highest BCUT2D eigenvalue weighted by Crippen LogP contribution is 2.32. The van der Waals surface area contributed by atoms with E-state index in [0.29, 0.717) is 23.8 Å². The van der Waals surface area contributed by atoms with Gasteiger partial charge >= 0.3 is 5.97 Å². The summed E-state index contributed by atoms with van der Waals surface area (Å²) in [7, 11) is 4.51. The van der Waals surface area contributed by atoms with Gasteiger partial charge in [-0.05, 0) is 25.0 Å². The summed E-state index contributed by atoms with van der Waals surface area (Å²) < 4.78 is 22.9. The number of benzene rings is 1. The first kappa shape index (κ1) is 16.3. The van der Waals surface area contributed by atoms with E-state index in [1.54, 1.807) is 31.0 Å². The van der Waals surface area contributed by atoms with Gasteiger partial charge in [-0.1, -0.05) is 0 Å². The Morgan fingerprint density at radius 3 is 2.46 bits per heavy atom. The highest BCUT2D eigenvalue weighted by molar-refractivity contribution is 5.86. The number of methoxy groups -OCH3 is 3. The number of imidazole rings is 1. The van der Waals surface area contributed by atoms with Crippen molar-refractivity contribution in [3.05, 3.63) is 30.2 Å². The van der Waals surface area contributed by atoms with Crippen molar-refractivity contribution in [1.29, 1.82) is 0 Å². The Morgan fingerprint density at radius 1 is 1.21 bits per heavy atom. The molecule has 3 rings (SSSR count). The molecule has 7 nitrogen and oxygen atoms in total. The van der Waals surface area contributed by atoms with E-state index in [4.69, 9.17) is 18.9 Å². The quantitative estimate of drug-likeness (QED) is 0.784. The maximum Gasteiger partial charge on any atom is 0.374 e. The van der Waals surface area contributed by atoms with Gasteiger partial charge in [0.05, 0.1) is 27.0 Å². The predicted octanol–water partition coefficient (Wildman–Crippen LogP) is 2.66. The molecule has 0 aliphatic carbocycles. The molecule has 0 N–H and O–H groups in total. The fourth-order valence-corrected chi connectivity index (χ4v) is 2.73. The fraction of sp³-hybridized carbons (Fsp3) is 0.412. The number of rotatable bonds is 5. The van der Waals surface area contributed by atoms with Crippen molar-refractivity contribution in [3.63, 3.8) is 0 Å². The van der Waals surface area contributed by atoms with E-state index in [-0.39, 0.29) is 12.1 Å². The monoisotopic (exact) mass is 332 g/mol. The van der Waals surface area contributed by atoms with Crippen LogP contribution in [0.15, 0.2) is 24.4 Å². The zero-order valence-electron chi connectivity index (χ0n) is 13.9. The molecular formula is C17H20N2O5. The minimum atomic E-state index is -0.494. The first-order valence-electron chi connectivity index (χ1n) is 7.68. The number of hydrogen-bond donors (Lipinski definition) is 0. The Hall–Kier alpha value is -2.54. The average molecular weight is 332 g/mol. The smallest absolute Gasteiger partial charge is 0.374 e. The van der Waals surface area contributed by atoms with Crippen molar-refractivity contribution in [2.75, 3.05) is 27.9 Å². The van der Waals surface area contributed by atoms with Gasteiger partial charge < -0.3 is 18.9 Å². The summed E-state index contributed by atoms with van der Waals surface area (Å²) in [4.78, 5) is 16.5. The summed E-state index contributed by atoms with van der Waals surface area (Å²) in [6.07, 6.45) is 3.39. The standard InChI is InChI=1S/C17H20N2O5/c1-21-12-7-11(8-13(9-12)22-2)14-10-19(15-5-4-6-24-15)16(18-14)17(20)23-3/h7-10,15H,4-6H2,1-3H3. The Labute approximate surface area is 140 Å². The molecule has 128 valence electrons. The summed E-state index contributed by atoms with van der Waals surface area (Å²) in [6.45, 7) is 0.672. The molecule has 0 amide bonds. The lowest BCUT2D eigenvalue weighted by molar-refractivity contribution is 0.0424. The van der Waals surface area contributed by atoms with Crippen molar-refractivity contribution in [3.8, 4) is 22.8 Å². The van der Waals surface area contributed by atoms with Crippen molar-refractivity contribution in [1.82, 2.24) is 9.55 Å². The lowest BCUT2D eigenvalue weighted by atomic mass is 10.1. The van der Waals surface area contributed by atoms with Crippen LogP contribution in [0.2, 0.25) is 0 Å². The predicted molar refractivity (Wildman–Crippen MR) is 86.3 cm³/mol. The van der Waals surface area contributed by atoms with E-state index in [2.05, 4.69) is 4.98 Å². The number of esters is 1. The normalized spacial score (nSPS) is 16.9. The molecule has 0 bridgehead atoms. The van der Waals surface area contributed by atoms with Gasteiger partial charge in [0, 0.05) is 24.4 Å². The van der Waals surface area contributed by atoms with Gasteiger partial charge in [0.15, 0.2) is 0 Å². The zero-order valence-corrected chi connectivity index (χ0v) is 13.9. The molecule has 0 radical (unpaired) electrons. The molecule has 0 saturated carbocycles. The maximum atomic E-state index is 12.1. The third kappa shape index (κ3) is 3.07. The molecule has 1 aliphatic heterocycles. The molecular weight excluding hydrogens is 312 g/mol. The van der Waals surface area contributed by atoms with Crippen molar-refractivity contribution in [2.24, 2.45) is 0 Å². The topological polar surface area (TPSA) is 71.8 Å². The average Bonchev–Trinajstić information content (AvgIpc) is 3.29. The molecule has 0 spiro atoms. The van der Waals surface area contributed by atoms with Crippen LogP contribution in [0.5, 0.6) is 11.5 Å². The Kier molecular flexibility index (Phi) is 4.71. The van der Waals surface area contributed by atoms with Crippen LogP contribution in [0.25, 0.3) is 11.3 Å². The number of aromatic nitrogens is 2. The largest absolute Gasteiger partial charge is 0.497 e. The minimum absolute atomic E-state index is 0.201. The molecule has 1 unspecified atom stereocenters. The zero-order chi connectivity index (χ0) is 17.1. The van der Waals surface area contributed by atoms with E-state index in [9.17, 15) is 4.79 Å². The maximum absolute atomic E-state index is 12.1. The van der Waals surface area contributed by atoms with E-state index < -0.39 is 5.97 Å². The lowest BCUT2D eigenvalue weighted by Crippen LogP contribution is -2.15. The molecule has 24 heavy (non-hydrogen) atoms. The van der Waals surface area contributed by atoms with E-state index >= 15 is 0 Å². The molecule has 2 aromatic rings. The summed E-state index contributed by atoms with van der Waals surface area (Å²) in [5.41, 5.74) is 1.41. The number of carbonyl (C=O) groups excluding carboxylic acids is 1. The van der Waals surface area contributed by atoms with Gasteiger partial charge in [-0.25, -0.2) is 9.78 Å². The minimum Gasteiger partial charge on any atom is -0.497 e. The second-order valence-electron chi connectivity index (χ2n) is 5.42. The highest BCUT2D eigenvalue weighted by atomic mass is 16.5. The van der Waals surface area contributed by atoms with E-state index in [1.165, 1.54) is 7.11 Å². The lowest BCUT2D eigenvalue weighted by Gasteiger charge is -2.13. The third-order valence-corrected chi connectivity index (χ3v) is 3.96. The molecule has 1 fully saturated rings. The summed E-state index contributed by atoms with van der Waals surface area (Å²) >= 11 is 0. The molecule has 2 heterocycles. The number of nitrogens with zero attached hydrogens (tertiary/aromatic N) is 2. The summed E-state index contributed by atoms with van der Waals surface area (Å²) in [5, 5.41) is 0. The van der Waals surface area contributed by atoms with Gasteiger partial charge in [-0.15, -0.1) is 0 Å². The molecule has 1 aliphatic rings. The van der Waals surface area contributed by atoms with Gasteiger partial charge in [-0.3, -0.25) is 4.57 Å². The highest BCUT2D eigenvalue weighted by Gasteiger charge is 2.26. The first-order valence-corrected chi connectivity index (χ1v) is 7.68. The molecule has 1 aromatic carbocycles. The van der Waals surface area contributed by atoms with Gasteiger partial charge in [-0.2, -0.15) is 0 Å². The Bertz CT molecular complexity index is 712. The van der Waals surface area contributed by atoms with E-state index in [0.717, 1.165) is 18.4 Å².